The van der Waals surface area contributed by atoms with Crippen molar-refractivity contribution >= 4 is 47.3 Å². The maximum atomic E-state index is 12.9. The largest absolute Gasteiger partial charge is 0.508 e. The molecule has 13 nitrogen and oxygen atoms in total. The quantitative estimate of drug-likeness (QED) is 0.203. The predicted octanol–water partition coefficient (Wildman–Crippen LogP) is 1.40. The summed E-state index contributed by atoms with van der Waals surface area (Å²) in [5, 5.41) is 39.4. The van der Waals surface area contributed by atoms with Crippen LogP contribution in [0.2, 0.25) is 0 Å². The highest BCUT2D eigenvalue weighted by Crippen LogP contribution is 2.41. The molecule has 0 spiro atoms. The van der Waals surface area contributed by atoms with E-state index in [1.807, 2.05) is 0 Å². The fraction of sp³-hybridized carbons (Fsp3) is 0.250. The Morgan fingerprint density at radius 2 is 1.92 bits per heavy atom. The molecule has 4 heterocycles. The molecule has 0 saturated carbocycles. The number of carboxylic acids is 2. The third-order valence-electron chi connectivity index (χ3n) is 5.99. The second kappa shape index (κ2) is 10.9. The molecule has 2 atom stereocenters. The SMILES string of the molecule is O=C(O)Cn1c(SCC2=C(C(=O)O)N3C(=O)[C@@H](NC(=O)Cc4ccco4)[C@H]3SC2)nnc1-c1ccc(O)cc1. The molecule has 2 aliphatic heterocycles. The van der Waals surface area contributed by atoms with Crippen LogP contribution < -0.4 is 5.32 Å². The van der Waals surface area contributed by atoms with Crippen molar-refractivity contribution in [1.29, 1.82) is 0 Å². The number of hydrogen-bond acceptors (Lipinski definition) is 10. The number of phenolic OH excluding ortho intramolecular Hbond substituents is 1. The topological polar surface area (TPSA) is 188 Å². The number of aromatic hydroxyl groups is 1. The number of aromatic nitrogens is 3. The highest BCUT2D eigenvalue weighted by atomic mass is 32.2. The number of β-lactam (4-membered cyclic amide) rings is 1. The molecular weight excluding hydrogens is 550 g/mol. The lowest BCUT2D eigenvalue weighted by Crippen LogP contribution is -2.70. The molecule has 0 unspecified atom stereocenters. The Morgan fingerprint density at radius 1 is 1.15 bits per heavy atom. The van der Waals surface area contributed by atoms with Crippen molar-refractivity contribution in [2.75, 3.05) is 11.5 Å². The normalized spacial score (nSPS) is 18.5. The Labute approximate surface area is 228 Å². The van der Waals surface area contributed by atoms with Crippen LogP contribution >= 0.6 is 23.5 Å². The van der Waals surface area contributed by atoms with Crippen molar-refractivity contribution in [3.05, 3.63) is 59.7 Å². The van der Waals surface area contributed by atoms with Gasteiger partial charge in [-0.25, -0.2) is 4.79 Å². The molecule has 4 N–H and O–H groups in total. The van der Waals surface area contributed by atoms with Crippen LogP contribution in [0.5, 0.6) is 5.75 Å². The van der Waals surface area contributed by atoms with Crippen molar-refractivity contribution in [1.82, 2.24) is 25.0 Å². The first-order chi connectivity index (χ1) is 18.7. The molecular formula is C24H21N5O8S2. The zero-order valence-corrected chi connectivity index (χ0v) is 21.6. The number of phenols is 1. The predicted molar refractivity (Wildman–Crippen MR) is 138 cm³/mol. The van der Waals surface area contributed by atoms with Crippen LogP contribution in [0.25, 0.3) is 11.4 Å². The standard InChI is InChI=1S/C24H21N5O8S2/c30-14-5-3-12(4-6-14)20-26-27-24(28(20)9-17(32)33)39-11-13-10-38-22-18(21(34)29(22)19(13)23(35)36)25-16(31)8-15-2-1-7-37-15/h1-7,18,22,30H,8-11H2,(H,25,31)(H,32,33)(H,35,36)/t18-,22-/m1/s1. The second-order valence-electron chi connectivity index (χ2n) is 8.59. The fourth-order valence-corrected chi connectivity index (χ4v) is 6.66. The summed E-state index contributed by atoms with van der Waals surface area (Å²) in [6.45, 7) is -0.433. The lowest BCUT2D eigenvalue weighted by atomic mass is 10.0. The van der Waals surface area contributed by atoms with E-state index in [4.69, 9.17) is 4.42 Å². The van der Waals surface area contributed by atoms with Gasteiger partial charge in [-0.15, -0.1) is 22.0 Å². The molecule has 15 heteroatoms. The van der Waals surface area contributed by atoms with Crippen molar-refractivity contribution in [2.24, 2.45) is 0 Å². The Hall–Kier alpha value is -4.24. The van der Waals surface area contributed by atoms with Gasteiger partial charge in [0.2, 0.25) is 5.91 Å². The molecule has 0 bridgehead atoms. The van der Waals surface area contributed by atoms with E-state index in [0.29, 0.717) is 16.9 Å². The number of benzene rings is 1. The van der Waals surface area contributed by atoms with E-state index < -0.39 is 41.7 Å². The zero-order chi connectivity index (χ0) is 27.7. The summed E-state index contributed by atoms with van der Waals surface area (Å²) in [6.07, 6.45) is 1.40. The number of nitrogens with zero attached hydrogens (tertiary/aromatic N) is 4. The lowest BCUT2D eigenvalue weighted by Gasteiger charge is -2.49. The van der Waals surface area contributed by atoms with E-state index in [9.17, 15) is 34.5 Å². The molecule has 2 aliphatic rings. The van der Waals surface area contributed by atoms with E-state index in [1.54, 1.807) is 24.3 Å². The highest BCUT2D eigenvalue weighted by molar-refractivity contribution is 8.01. The van der Waals surface area contributed by atoms with E-state index in [-0.39, 0.29) is 40.4 Å². The summed E-state index contributed by atoms with van der Waals surface area (Å²) in [6, 6.07) is 8.48. The van der Waals surface area contributed by atoms with Gasteiger partial charge in [-0.1, -0.05) is 11.8 Å². The van der Waals surface area contributed by atoms with Gasteiger partial charge in [0.1, 0.15) is 35.2 Å². The number of carboxylic acid groups (broad SMARTS) is 2. The van der Waals surface area contributed by atoms with E-state index in [2.05, 4.69) is 15.5 Å². The minimum absolute atomic E-state index is 0.0405. The summed E-state index contributed by atoms with van der Waals surface area (Å²) in [5.74, 6) is -2.17. The number of thioether (sulfide) groups is 2. The van der Waals surface area contributed by atoms with Gasteiger partial charge in [0, 0.05) is 17.1 Å². The first kappa shape index (κ1) is 26.4. The number of furan rings is 1. The van der Waals surface area contributed by atoms with Gasteiger partial charge >= 0.3 is 11.9 Å². The number of carbonyl (C=O) groups excluding carboxylic acids is 2. The van der Waals surface area contributed by atoms with Gasteiger partial charge in [0.15, 0.2) is 11.0 Å². The first-order valence-electron chi connectivity index (χ1n) is 11.5. The summed E-state index contributed by atoms with van der Waals surface area (Å²) >= 11 is 2.43. The molecule has 1 fully saturated rings. The minimum Gasteiger partial charge on any atom is -0.508 e. The molecule has 0 aliphatic carbocycles. The van der Waals surface area contributed by atoms with E-state index in [0.717, 1.165) is 11.8 Å². The second-order valence-corrected chi connectivity index (χ2v) is 10.6. The minimum atomic E-state index is -1.28. The summed E-state index contributed by atoms with van der Waals surface area (Å²) in [7, 11) is 0. The van der Waals surface area contributed by atoms with Crippen LogP contribution in [-0.4, -0.2) is 81.7 Å². The Bertz CT molecular complexity index is 1470. The highest BCUT2D eigenvalue weighted by Gasteiger charge is 2.54. The first-order valence-corrected chi connectivity index (χ1v) is 13.5. The maximum absolute atomic E-state index is 12.9. The van der Waals surface area contributed by atoms with Gasteiger partial charge in [0.05, 0.1) is 12.7 Å². The molecule has 3 aromatic rings. The number of nitrogens with one attached hydrogen (secondary N) is 1. The molecule has 5 rings (SSSR count). The van der Waals surface area contributed by atoms with Gasteiger partial charge < -0.3 is 25.1 Å². The van der Waals surface area contributed by atoms with Crippen LogP contribution in [0, 0.1) is 0 Å². The molecule has 0 radical (unpaired) electrons. The fourth-order valence-electron chi connectivity index (χ4n) is 4.24. The van der Waals surface area contributed by atoms with Crippen LogP contribution in [0.15, 0.2) is 63.5 Å². The molecule has 39 heavy (non-hydrogen) atoms. The van der Waals surface area contributed by atoms with E-state index >= 15 is 0 Å². The lowest BCUT2D eigenvalue weighted by molar-refractivity contribution is -0.150. The van der Waals surface area contributed by atoms with Crippen molar-refractivity contribution in [3.8, 4) is 17.1 Å². The zero-order valence-electron chi connectivity index (χ0n) is 20.0. The smallest absolute Gasteiger partial charge is 0.352 e. The number of carbonyl (C=O) groups is 4. The van der Waals surface area contributed by atoms with Crippen LogP contribution in [0.4, 0.5) is 0 Å². The third kappa shape index (κ3) is 5.35. The van der Waals surface area contributed by atoms with Crippen LogP contribution in [0.3, 0.4) is 0 Å². The third-order valence-corrected chi connectivity index (χ3v) is 8.39. The average Bonchev–Trinajstić information content (AvgIpc) is 3.55. The van der Waals surface area contributed by atoms with Crippen molar-refractivity contribution < 1.29 is 38.9 Å². The van der Waals surface area contributed by atoms with Crippen molar-refractivity contribution in [3.63, 3.8) is 0 Å². The Morgan fingerprint density at radius 3 is 2.59 bits per heavy atom. The summed E-state index contributed by atoms with van der Waals surface area (Å²) in [4.78, 5) is 50.1. The number of amides is 2. The monoisotopic (exact) mass is 571 g/mol. The van der Waals surface area contributed by atoms with Crippen LogP contribution in [-0.2, 0) is 32.1 Å². The van der Waals surface area contributed by atoms with Crippen molar-refractivity contribution in [2.45, 2.75) is 29.5 Å². The molecule has 1 saturated heterocycles. The van der Waals surface area contributed by atoms with Gasteiger partial charge in [0.25, 0.3) is 5.91 Å². The number of rotatable bonds is 10. The molecule has 1 aromatic carbocycles. The van der Waals surface area contributed by atoms with E-state index in [1.165, 1.54) is 39.6 Å². The summed E-state index contributed by atoms with van der Waals surface area (Å²) in [5.41, 5.74) is 0.843. The number of aliphatic carboxylic acids is 2. The number of fused-ring (bicyclic) bond motifs is 1. The molecule has 2 amide bonds. The van der Waals surface area contributed by atoms with Gasteiger partial charge in [-0.3, -0.25) is 23.9 Å². The maximum Gasteiger partial charge on any atom is 0.352 e. The van der Waals surface area contributed by atoms with Gasteiger partial charge in [-0.05, 0) is 42.0 Å². The number of hydrogen-bond donors (Lipinski definition) is 4. The molecule has 202 valence electrons. The van der Waals surface area contributed by atoms with Crippen LogP contribution in [0.1, 0.15) is 5.76 Å². The summed E-state index contributed by atoms with van der Waals surface area (Å²) < 4.78 is 6.54. The Balaban J connectivity index is 1.32. The molecule has 2 aromatic heterocycles. The average molecular weight is 572 g/mol. The van der Waals surface area contributed by atoms with Gasteiger partial charge in [-0.2, -0.15) is 0 Å². The Kier molecular flexibility index (Phi) is 7.34.